The average molecular weight is 561 g/mol. The lowest BCUT2D eigenvalue weighted by molar-refractivity contribution is -0.123. The van der Waals surface area contributed by atoms with Gasteiger partial charge in [0.05, 0.1) is 10.8 Å². The van der Waals surface area contributed by atoms with Gasteiger partial charge in [-0.1, -0.05) is 25.1 Å². The molecule has 9 heteroatoms. The number of carbonyl (C=O) groups is 2. The van der Waals surface area contributed by atoms with Crippen LogP contribution in [0.15, 0.2) is 45.8 Å². The van der Waals surface area contributed by atoms with E-state index in [0.29, 0.717) is 48.9 Å². The number of rotatable bonds is 4. The van der Waals surface area contributed by atoms with E-state index in [1.807, 2.05) is 36.1 Å². The second-order valence-electron chi connectivity index (χ2n) is 9.65. The van der Waals surface area contributed by atoms with Gasteiger partial charge in [-0.15, -0.1) is 0 Å². The number of hydrogen-bond acceptors (Lipinski definition) is 4. The fourth-order valence-corrected chi connectivity index (χ4v) is 8.23. The highest BCUT2D eigenvalue weighted by atomic mass is 79.9. The average Bonchev–Trinajstić information content (AvgIpc) is 3.42. The van der Waals surface area contributed by atoms with Gasteiger partial charge >= 0.3 is 0 Å². The zero-order chi connectivity index (χ0) is 24.9. The molecule has 0 bridgehead atoms. The topological polar surface area (TPSA) is 78.0 Å². The third-order valence-corrected chi connectivity index (χ3v) is 10.3. The Kier molecular flexibility index (Phi) is 6.52. The third kappa shape index (κ3) is 4.21. The predicted molar refractivity (Wildman–Crippen MR) is 139 cm³/mol. The first-order valence-corrected chi connectivity index (χ1v) is 14.5. The summed E-state index contributed by atoms with van der Waals surface area (Å²) in [5.74, 6) is -0.411. The lowest BCUT2D eigenvalue weighted by atomic mass is 9.97. The summed E-state index contributed by atoms with van der Waals surface area (Å²) in [4.78, 5) is 29.7. The van der Waals surface area contributed by atoms with E-state index in [9.17, 15) is 18.0 Å². The van der Waals surface area contributed by atoms with Crippen LogP contribution in [0.1, 0.15) is 44.2 Å². The van der Waals surface area contributed by atoms with Gasteiger partial charge in [-0.3, -0.25) is 9.59 Å². The van der Waals surface area contributed by atoms with Crippen molar-refractivity contribution < 1.29 is 18.0 Å². The van der Waals surface area contributed by atoms with E-state index in [-0.39, 0.29) is 29.3 Å². The van der Waals surface area contributed by atoms with Crippen LogP contribution in [-0.2, 0) is 32.5 Å². The van der Waals surface area contributed by atoms with E-state index >= 15 is 0 Å². The number of anilines is 2. The molecule has 5 rings (SSSR count). The number of carbonyl (C=O) groups excluding carboxylic acids is 2. The van der Waals surface area contributed by atoms with E-state index in [1.54, 1.807) is 17.9 Å². The van der Waals surface area contributed by atoms with Crippen LogP contribution in [0.4, 0.5) is 11.4 Å². The molecule has 1 fully saturated rings. The van der Waals surface area contributed by atoms with Gasteiger partial charge in [-0.05, 0) is 77.9 Å². The standard InChI is InChI=1S/C26H30BrN3O4S/c1-3-25(31)29-12-10-19-14-21(27)24(15-23(19)29)35(33,34)28-11-6-8-20(16-28)26(32)30-17(2)13-18-7-4-5-9-22(18)30/h4-5,7,9,14-15,17,20H,3,6,8,10-13,16H2,1-2H3/t17-,20-/m0/s1. The van der Waals surface area contributed by atoms with Gasteiger partial charge in [0.1, 0.15) is 0 Å². The lowest BCUT2D eigenvalue weighted by Gasteiger charge is -2.35. The first-order valence-electron chi connectivity index (χ1n) is 12.3. The summed E-state index contributed by atoms with van der Waals surface area (Å²) in [6.07, 6.45) is 3.18. The van der Waals surface area contributed by atoms with E-state index in [2.05, 4.69) is 22.0 Å². The van der Waals surface area contributed by atoms with Crippen LogP contribution < -0.4 is 9.80 Å². The molecule has 0 aliphatic carbocycles. The molecule has 2 atom stereocenters. The largest absolute Gasteiger partial charge is 0.312 e. The van der Waals surface area contributed by atoms with Crippen LogP contribution in [0, 0.1) is 5.92 Å². The Morgan fingerprint density at radius 1 is 1.09 bits per heavy atom. The molecule has 0 saturated carbocycles. The van der Waals surface area contributed by atoms with Crippen LogP contribution in [0.25, 0.3) is 0 Å². The van der Waals surface area contributed by atoms with Crippen molar-refractivity contribution in [1.29, 1.82) is 0 Å². The van der Waals surface area contributed by atoms with Crippen LogP contribution in [-0.4, -0.2) is 50.2 Å². The number of halogens is 1. The van der Waals surface area contributed by atoms with E-state index in [4.69, 9.17) is 0 Å². The molecule has 0 spiro atoms. The van der Waals surface area contributed by atoms with Crippen molar-refractivity contribution >= 4 is 49.1 Å². The van der Waals surface area contributed by atoms with Crippen molar-refractivity contribution in [2.75, 3.05) is 29.4 Å². The van der Waals surface area contributed by atoms with Gasteiger partial charge < -0.3 is 9.80 Å². The number of fused-ring (bicyclic) bond motifs is 2. The summed E-state index contributed by atoms with van der Waals surface area (Å²) in [5.41, 5.74) is 3.73. The highest BCUT2D eigenvalue weighted by Crippen LogP contribution is 2.39. The summed E-state index contributed by atoms with van der Waals surface area (Å²) in [7, 11) is -3.86. The molecular formula is C26H30BrN3O4S. The Morgan fingerprint density at radius 3 is 2.63 bits per heavy atom. The maximum atomic E-state index is 13.8. The second-order valence-corrected chi connectivity index (χ2v) is 12.4. The normalized spacial score (nSPS) is 22.3. The number of para-hydroxylation sites is 1. The molecule has 7 nitrogen and oxygen atoms in total. The van der Waals surface area contributed by atoms with Gasteiger partial charge in [0.15, 0.2) is 0 Å². The Labute approximate surface area is 215 Å². The van der Waals surface area contributed by atoms with E-state index in [0.717, 1.165) is 23.2 Å². The number of benzene rings is 2. The van der Waals surface area contributed by atoms with Gasteiger partial charge in [-0.25, -0.2) is 8.42 Å². The zero-order valence-corrected chi connectivity index (χ0v) is 22.4. The third-order valence-electron chi connectivity index (χ3n) is 7.43. The molecule has 3 aliphatic heterocycles. The van der Waals surface area contributed by atoms with Gasteiger partial charge in [0, 0.05) is 47.9 Å². The minimum Gasteiger partial charge on any atom is -0.312 e. The maximum Gasteiger partial charge on any atom is 0.244 e. The van der Waals surface area contributed by atoms with Crippen molar-refractivity contribution in [3.05, 3.63) is 52.0 Å². The molecule has 2 amide bonds. The maximum absolute atomic E-state index is 13.8. The van der Waals surface area contributed by atoms with E-state index in [1.165, 1.54) is 4.31 Å². The number of amides is 2. The molecular weight excluding hydrogens is 530 g/mol. The summed E-state index contributed by atoms with van der Waals surface area (Å²) in [6, 6.07) is 11.4. The number of sulfonamides is 1. The fourth-order valence-electron chi connectivity index (χ4n) is 5.64. The molecule has 2 aromatic rings. The van der Waals surface area contributed by atoms with Gasteiger partial charge in [-0.2, -0.15) is 4.31 Å². The quantitative estimate of drug-likeness (QED) is 0.564. The van der Waals surface area contributed by atoms with Crippen LogP contribution in [0.2, 0.25) is 0 Å². The van der Waals surface area contributed by atoms with Crippen LogP contribution in [0.3, 0.4) is 0 Å². The van der Waals surface area contributed by atoms with Crippen molar-refractivity contribution in [2.24, 2.45) is 5.92 Å². The Balaban J connectivity index is 1.41. The summed E-state index contributed by atoms with van der Waals surface area (Å²) < 4.78 is 29.5. The Bertz CT molecular complexity index is 1300. The molecule has 0 N–H and O–H groups in total. The van der Waals surface area contributed by atoms with Crippen molar-refractivity contribution in [3.8, 4) is 0 Å². The molecule has 3 aliphatic rings. The molecule has 0 aromatic heterocycles. The second kappa shape index (κ2) is 9.33. The van der Waals surface area contributed by atoms with Crippen molar-refractivity contribution in [1.82, 2.24) is 4.31 Å². The zero-order valence-electron chi connectivity index (χ0n) is 20.0. The molecule has 3 heterocycles. The molecule has 1 saturated heterocycles. The molecule has 186 valence electrons. The summed E-state index contributed by atoms with van der Waals surface area (Å²) in [5, 5.41) is 0. The first kappa shape index (κ1) is 24.5. The highest BCUT2D eigenvalue weighted by molar-refractivity contribution is 9.10. The minimum atomic E-state index is -3.86. The fraction of sp³-hybridized carbons (Fsp3) is 0.462. The highest BCUT2D eigenvalue weighted by Gasteiger charge is 2.40. The van der Waals surface area contributed by atoms with Gasteiger partial charge in [0.2, 0.25) is 21.8 Å². The van der Waals surface area contributed by atoms with Crippen LogP contribution in [0.5, 0.6) is 0 Å². The smallest absolute Gasteiger partial charge is 0.244 e. The molecule has 35 heavy (non-hydrogen) atoms. The number of nitrogens with zero attached hydrogens (tertiary/aromatic N) is 3. The van der Waals surface area contributed by atoms with Gasteiger partial charge in [0.25, 0.3) is 0 Å². The SMILES string of the molecule is CCC(=O)N1CCc2cc(Br)c(S(=O)(=O)N3CCC[C@H](C(=O)N4c5ccccc5C[C@@H]4C)C3)cc21. The van der Waals surface area contributed by atoms with Crippen molar-refractivity contribution in [2.45, 2.75) is 56.9 Å². The lowest BCUT2D eigenvalue weighted by Crippen LogP contribution is -2.48. The Hall–Kier alpha value is -2.23. The summed E-state index contributed by atoms with van der Waals surface area (Å²) in [6.45, 7) is 4.95. The minimum absolute atomic E-state index is 0.00455. The number of piperidine rings is 1. The first-order chi connectivity index (χ1) is 16.7. The molecule has 0 unspecified atom stereocenters. The van der Waals surface area contributed by atoms with Crippen LogP contribution >= 0.6 is 15.9 Å². The molecule has 0 radical (unpaired) electrons. The molecule has 2 aromatic carbocycles. The summed E-state index contributed by atoms with van der Waals surface area (Å²) >= 11 is 3.47. The van der Waals surface area contributed by atoms with Crippen molar-refractivity contribution in [3.63, 3.8) is 0 Å². The number of hydrogen-bond donors (Lipinski definition) is 0. The Morgan fingerprint density at radius 2 is 1.86 bits per heavy atom. The monoisotopic (exact) mass is 559 g/mol. The van der Waals surface area contributed by atoms with E-state index < -0.39 is 15.9 Å². The predicted octanol–water partition coefficient (Wildman–Crippen LogP) is 4.13.